The van der Waals surface area contributed by atoms with Crippen LogP contribution >= 0.6 is 7.82 Å². The fourth-order valence-electron chi connectivity index (χ4n) is 11.0. The summed E-state index contributed by atoms with van der Waals surface area (Å²) < 4.78 is 33.1. The van der Waals surface area contributed by atoms with Crippen LogP contribution in [-0.2, 0) is 32.7 Å². The van der Waals surface area contributed by atoms with E-state index in [1.165, 1.54) is 302 Å². The second kappa shape index (κ2) is 67.6. The molecule has 9 nitrogen and oxygen atoms in total. The number of allylic oxidation sites excluding steroid dienone is 4. The van der Waals surface area contributed by atoms with Crippen molar-refractivity contribution in [1.82, 2.24) is 0 Å². The molecular formula is C71H138NO8P. The smallest absolute Gasteiger partial charge is 0.462 e. The molecule has 0 aromatic carbocycles. The predicted octanol–water partition coefficient (Wildman–Crippen LogP) is 23.3. The summed E-state index contributed by atoms with van der Waals surface area (Å²) >= 11 is 0. The molecular weight excluding hydrogens is 1030 g/mol. The molecule has 0 rings (SSSR count). The van der Waals surface area contributed by atoms with Crippen molar-refractivity contribution in [1.29, 1.82) is 0 Å². The number of hydrogen-bond donors (Lipinski definition) is 2. The van der Waals surface area contributed by atoms with Crippen LogP contribution in [0.4, 0.5) is 0 Å². The second-order valence-electron chi connectivity index (χ2n) is 24.5. The Morgan fingerprint density at radius 1 is 0.370 bits per heavy atom. The van der Waals surface area contributed by atoms with Crippen molar-refractivity contribution >= 4 is 19.8 Å². The zero-order chi connectivity index (χ0) is 58.7. The third-order valence-corrected chi connectivity index (χ3v) is 17.3. The lowest BCUT2D eigenvalue weighted by Gasteiger charge is -2.19. The van der Waals surface area contributed by atoms with Crippen LogP contribution in [0.5, 0.6) is 0 Å². The van der Waals surface area contributed by atoms with E-state index < -0.39 is 26.5 Å². The second-order valence-corrected chi connectivity index (χ2v) is 25.9. The van der Waals surface area contributed by atoms with Crippen molar-refractivity contribution in [2.45, 2.75) is 392 Å². The average molecular weight is 1160 g/mol. The molecule has 2 unspecified atom stereocenters. The molecule has 3 N–H and O–H groups in total. The number of nitrogens with two attached hydrogens (primary N) is 1. The van der Waals surface area contributed by atoms with Gasteiger partial charge in [0.2, 0.25) is 0 Å². The highest BCUT2D eigenvalue weighted by molar-refractivity contribution is 7.47. The molecule has 81 heavy (non-hydrogen) atoms. The Balaban J connectivity index is 3.73. The number of carbonyl (C=O) groups is 2. The highest BCUT2D eigenvalue weighted by Gasteiger charge is 2.26. The molecule has 0 heterocycles. The van der Waals surface area contributed by atoms with Gasteiger partial charge in [-0.2, -0.15) is 0 Å². The van der Waals surface area contributed by atoms with E-state index in [1.807, 2.05) is 0 Å². The Labute approximate surface area is 503 Å². The molecule has 10 heteroatoms. The Morgan fingerprint density at radius 2 is 0.642 bits per heavy atom. The van der Waals surface area contributed by atoms with E-state index in [1.54, 1.807) is 0 Å². The number of unbranched alkanes of at least 4 members (excludes halogenated alkanes) is 52. The molecule has 0 aromatic rings. The lowest BCUT2D eigenvalue weighted by Crippen LogP contribution is -2.29. The molecule has 2 atom stereocenters. The summed E-state index contributed by atoms with van der Waals surface area (Å²) in [5.41, 5.74) is 5.40. The van der Waals surface area contributed by atoms with E-state index >= 15 is 0 Å². The fraction of sp³-hybridized carbons (Fsp3) is 0.915. The average Bonchev–Trinajstić information content (AvgIpc) is 3.46. The minimum absolute atomic E-state index is 0.0549. The van der Waals surface area contributed by atoms with Crippen LogP contribution in [0.2, 0.25) is 0 Å². The van der Waals surface area contributed by atoms with Gasteiger partial charge in [-0.05, 0) is 44.9 Å². The first-order valence-corrected chi connectivity index (χ1v) is 37.3. The molecule has 0 radical (unpaired) electrons. The first-order chi connectivity index (χ1) is 39.8. The van der Waals surface area contributed by atoms with Gasteiger partial charge < -0.3 is 20.1 Å². The highest BCUT2D eigenvalue weighted by Crippen LogP contribution is 2.43. The molecule has 0 saturated heterocycles. The number of esters is 2. The predicted molar refractivity (Wildman–Crippen MR) is 349 cm³/mol. The summed E-state index contributed by atoms with van der Waals surface area (Å²) in [6.07, 6.45) is 83.0. The van der Waals surface area contributed by atoms with Gasteiger partial charge in [0.15, 0.2) is 6.10 Å². The maximum Gasteiger partial charge on any atom is 0.472 e. The zero-order valence-corrected chi connectivity index (χ0v) is 55.0. The molecule has 480 valence electrons. The van der Waals surface area contributed by atoms with Gasteiger partial charge in [-0.3, -0.25) is 18.6 Å². The van der Waals surface area contributed by atoms with Gasteiger partial charge in [-0.15, -0.1) is 0 Å². The lowest BCUT2D eigenvalue weighted by molar-refractivity contribution is -0.161. The fourth-order valence-corrected chi connectivity index (χ4v) is 11.8. The van der Waals surface area contributed by atoms with Crippen molar-refractivity contribution in [2.24, 2.45) is 5.73 Å². The summed E-state index contributed by atoms with van der Waals surface area (Å²) in [5, 5.41) is 0. The topological polar surface area (TPSA) is 134 Å². The van der Waals surface area contributed by atoms with Crippen molar-refractivity contribution in [2.75, 3.05) is 26.4 Å². The zero-order valence-electron chi connectivity index (χ0n) is 54.1. The van der Waals surface area contributed by atoms with Crippen LogP contribution in [0.3, 0.4) is 0 Å². The number of rotatable bonds is 69. The van der Waals surface area contributed by atoms with E-state index in [4.69, 9.17) is 24.3 Å². The molecule has 0 aromatic heterocycles. The van der Waals surface area contributed by atoms with Gasteiger partial charge in [0.1, 0.15) is 6.61 Å². The van der Waals surface area contributed by atoms with Crippen LogP contribution in [0.25, 0.3) is 0 Å². The van der Waals surface area contributed by atoms with E-state index in [0.717, 1.165) is 51.4 Å². The number of carbonyl (C=O) groups excluding carboxylic acids is 2. The molecule has 0 spiro atoms. The van der Waals surface area contributed by atoms with Gasteiger partial charge in [0, 0.05) is 19.4 Å². The van der Waals surface area contributed by atoms with Gasteiger partial charge in [-0.25, -0.2) is 4.57 Å². The van der Waals surface area contributed by atoms with Gasteiger partial charge in [0.05, 0.1) is 13.2 Å². The molecule has 0 aliphatic carbocycles. The minimum atomic E-state index is -4.39. The molecule has 0 saturated carbocycles. The largest absolute Gasteiger partial charge is 0.472 e. The standard InChI is InChI=1S/C71H138NO8P/c1-3-5-7-9-11-13-15-17-19-21-23-25-26-27-28-29-30-31-32-33-34-35-36-37-38-39-40-41-42-44-45-47-49-51-53-55-57-59-61-63-70(73)77-67-69(68-79-81(75,76)78-66-65-72)80-71(74)64-62-60-58-56-54-52-50-48-46-43-24-22-20-18-16-14-12-10-8-6-4-2/h16,18,22,24,69H,3-15,17,19-21,23,25-68,72H2,1-2H3,(H,75,76)/b18-16-,24-22-. The number of phosphoric ester groups is 1. The van der Waals surface area contributed by atoms with E-state index in [2.05, 4.69) is 38.2 Å². The Morgan fingerprint density at radius 3 is 0.938 bits per heavy atom. The molecule has 0 fully saturated rings. The van der Waals surface area contributed by atoms with Crippen LogP contribution in [0.1, 0.15) is 386 Å². The number of hydrogen-bond acceptors (Lipinski definition) is 8. The molecule has 0 amide bonds. The van der Waals surface area contributed by atoms with Gasteiger partial charge >= 0.3 is 19.8 Å². The first kappa shape index (κ1) is 79.5. The van der Waals surface area contributed by atoms with E-state index in [9.17, 15) is 19.0 Å². The molecule has 0 bridgehead atoms. The Bertz CT molecular complexity index is 1380. The van der Waals surface area contributed by atoms with E-state index in [0.29, 0.717) is 6.42 Å². The Hall–Kier alpha value is -1.51. The quantitative estimate of drug-likeness (QED) is 0.0264. The van der Waals surface area contributed by atoms with Crippen molar-refractivity contribution < 1.29 is 37.6 Å². The summed E-state index contributed by atoms with van der Waals surface area (Å²) in [6, 6.07) is 0. The third-order valence-electron chi connectivity index (χ3n) is 16.3. The normalized spacial score (nSPS) is 13.0. The van der Waals surface area contributed by atoms with E-state index in [-0.39, 0.29) is 38.6 Å². The molecule has 0 aliphatic rings. The monoisotopic (exact) mass is 1160 g/mol. The summed E-state index contributed by atoms with van der Waals surface area (Å²) in [5.74, 6) is -0.812. The SMILES string of the molecule is CCCCCCC/C=C\C/C=C\CCCCCCCCCCCC(=O)OC(COC(=O)CCCCCCCCCCCCCCCCCCCCCCCCCCCCCCCCCCCCCCCCC)COP(=O)(O)OCCN. The highest BCUT2D eigenvalue weighted by atomic mass is 31.2. The van der Waals surface area contributed by atoms with Crippen LogP contribution in [0.15, 0.2) is 24.3 Å². The summed E-state index contributed by atoms with van der Waals surface area (Å²) in [4.78, 5) is 35.3. The van der Waals surface area contributed by atoms with Crippen molar-refractivity contribution in [3.05, 3.63) is 24.3 Å². The van der Waals surface area contributed by atoms with Gasteiger partial charge in [-0.1, -0.05) is 353 Å². The van der Waals surface area contributed by atoms with Crippen molar-refractivity contribution in [3.63, 3.8) is 0 Å². The van der Waals surface area contributed by atoms with Crippen LogP contribution < -0.4 is 5.73 Å². The first-order valence-electron chi connectivity index (χ1n) is 35.8. The maximum absolute atomic E-state index is 12.7. The van der Waals surface area contributed by atoms with Crippen LogP contribution in [-0.4, -0.2) is 49.3 Å². The maximum atomic E-state index is 12.7. The minimum Gasteiger partial charge on any atom is -0.462 e. The van der Waals surface area contributed by atoms with Crippen molar-refractivity contribution in [3.8, 4) is 0 Å². The summed E-state index contributed by atoms with van der Waals surface area (Å²) in [7, 11) is -4.39. The van der Waals surface area contributed by atoms with Gasteiger partial charge in [0.25, 0.3) is 0 Å². The van der Waals surface area contributed by atoms with Crippen LogP contribution in [0, 0.1) is 0 Å². The lowest BCUT2D eigenvalue weighted by atomic mass is 10.0. The Kier molecular flexibility index (Phi) is 66.4. The summed E-state index contributed by atoms with van der Waals surface area (Å²) in [6.45, 7) is 3.80. The number of ether oxygens (including phenoxy) is 2. The number of phosphoric acid groups is 1. The third kappa shape index (κ3) is 67.5. The molecule has 0 aliphatic heterocycles.